The molecule has 0 radical (unpaired) electrons. The van der Waals surface area contributed by atoms with E-state index in [1.807, 2.05) is 0 Å². The van der Waals surface area contributed by atoms with Crippen LogP contribution in [-0.2, 0) is 19.6 Å². The average Bonchev–Trinajstić information content (AvgIpc) is 3.68. The fourth-order valence-corrected chi connectivity index (χ4v) is 4.02. The summed E-state index contributed by atoms with van der Waals surface area (Å²) < 4.78 is 45.4. The zero-order chi connectivity index (χ0) is 23.6. The van der Waals surface area contributed by atoms with Crippen molar-refractivity contribution in [2.45, 2.75) is 41.7 Å². The Morgan fingerprint density at radius 3 is 1.84 bits per heavy atom. The van der Waals surface area contributed by atoms with Crippen LogP contribution in [0.25, 0.3) is 0 Å². The zero-order valence-corrected chi connectivity index (χ0v) is 17.6. The Labute approximate surface area is 183 Å². The highest BCUT2D eigenvalue weighted by Crippen LogP contribution is 2.37. The minimum atomic E-state index is -3.93. The number of aliphatic carboxylic acids is 1. The van der Waals surface area contributed by atoms with Gasteiger partial charge in [0.1, 0.15) is 28.4 Å². The van der Waals surface area contributed by atoms with E-state index in [9.17, 15) is 22.4 Å². The van der Waals surface area contributed by atoms with E-state index in [2.05, 4.69) is 4.72 Å². The highest BCUT2D eigenvalue weighted by molar-refractivity contribution is 7.89. The normalized spacial score (nSPS) is 17.3. The van der Waals surface area contributed by atoms with Crippen LogP contribution in [0.2, 0.25) is 0 Å². The Morgan fingerprint density at radius 1 is 0.969 bits per heavy atom. The van der Waals surface area contributed by atoms with Crippen molar-refractivity contribution in [3.8, 4) is 11.5 Å². The zero-order valence-electron chi connectivity index (χ0n) is 16.7. The van der Waals surface area contributed by atoms with Crippen molar-refractivity contribution in [2.24, 2.45) is 5.73 Å². The molecule has 2 saturated carbocycles. The maximum Gasteiger partial charge on any atom is 0.323 e. The Balaban J connectivity index is 0.000000352. The number of carboxylic acids is 1. The van der Waals surface area contributed by atoms with Gasteiger partial charge in [-0.3, -0.25) is 14.8 Å². The van der Waals surface area contributed by atoms with Crippen molar-refractivity contribution < 1.29 is 37.4 Å². The molecule has 2 aliphatic rings. The van der Waals surface area contributed by atoms with Crippen molar-refractivity contribution >= 4 is 21.9 Å². The summed E-state index contributed by atoms with van der Waals surface area (Å²) in [5, 5.41) is 16.9. The van der Waals surface area contributed by atoms with Gasteiger partial charge < -0.3 is 15.6 Å². The molecule has 2 aromatic rings. The second-order valence-corrected chi connectivity index (χ2v) is 9.30. The number of hydroxylamine groups is 1. The van der Waals surface area contributed by atoms with Crippen molar-refractivity contribution in [3.63, 3.8) is 0 Å². The van der Waals surface area contributed by atoms with E-state index in [-0.39, 0.29) is 10.7 Å². The number of benzene rings is 2. The first-order valence-electron chi connectivity index (χ1n) is 9.54. The number of nitrogens with one attached hydrogen (secondary N) is 2. The summed E-state index contributed by atoms with van der Waals surface area (Å²) in [6.07, 6.45) is 1.90. The van der Waals surface area contributed by atoms with Crippen molar-refractivity contribution in [3.05, 3.63) is 54.3 Å². The number of carboxylic acid groups (broad SMARTS) is 1. The second kappa shape index (κ2) is 8.82. The third-order valence-corrected chi connectivity index (χ3v) is 6.57. The van der Waals surface area contributed by atoms with E-state index in [0.717, 1.165) is 0 Å². The number of hydrogen-bond donors (Lipinski definition) is 5. The first-order chi connectivity index (χ1) is 15.0. The first kappa shape index (κ1) is 23.6. The number of hydrogen-bond acceptors (Lipinski definition) is 7. The molecular formula is C20H22FN3O7S. The van der Waals surface area contributed by atoms with Gasteiger partial charge in [0, 0.05) is 0 Å². The molecule has 0 saturated heterocycles. The quantitative estimate of drug-likeness (QED) is 0.301. The van der Waals surface area contributed by atoms with Gasteiger partial charge in [0.05, 0.1) is 4.90 Å². The van der Waals surface area contributed by atoms with E-state index in [4.69, 9.17) is 20.8 Å². The second-order valence-electron chi connectivity index (χ2n) is 7.62. The molecule has 2 aliphatic carbocycles. The molecule has 0 atom stereocenters. The molecule has 2 aromatic carbocycles. The van der Waals surface area contributed by atoms with Crippen LogP contribution in [0.1, 0.15) is 25.7 Å². The highest BCUT2D eigenvalue weighted by atomic mass is 32.2. The lowest BCUT2D eigenvalue weighted by molar-refractivity contribution is -0.139. The minimum absolute atomic E-state index is 0.0454. The molecule has 172 valence electrons. The number of rotatable bonds is 7. The Morgan fingerprint density at radius 2 is 1.47 bits per heavy atom. The number of carbonyl (C=O) groups excluding carboxylic acids is 1. The molecule has 0 heterocycles. The lowest BCUT2D eigenvalue weighted by Gasteiger charge is -2.15. The van der Waals surface area contributed by atoms with Crippen LogP contribution in [0.5, 0.6) is 11.5 Å². The molecule has 0 aliphatic heterocycles. The maximum atomic E-state index is 12.9. The average molecular weight is 467 g/mol. The van der Waals surface area contributed by atoms with Gasteiger partial charge in [-0.25, -0.2) is 18.3 Å². The van der Waals surface area contributed by atoms with Gasteiger partial charge in [0.2, 0.25) is 10.0 Å². The molecule has 6 N–H and O–H groups in total. The van der Waals surface area contributed by atoms with Crippen LogP contribution < -0.4 is 20.7 Å². The van der Waals surface area contributed by atoms with E-state index >= 15 is 0 Å². The van der Waals surface area contributed by atoms with Gasteiger partial charge in [0.25, 0.3) is 5.91 Å². The number of ether oxygens (including phenoxy) is 1. The van der Waals surface area contributed by atoms with Gasteiger partial charge in [-0.1, -0.05) is 0 Å². The van der Waals surface area contributed by atoms with Crippen molar-refractivity contribution in [2.75, 3.05) is 0 Å². The minimum Gasteiger partial charge on any atom is -0.480 e. The Kier molecular flexibility index (Phi) is 6.51. The largest absolute Gasteiger partial charge is 0.480 e. The van der Waals surface area contributed by atoms with Crippen LogP contribution in [0, 0.1) is 5.82 Å². The SMILES string of the molecule is NC1(C(=O)O)CC1.O=C(NO)C1(NS(=O)(=O)c2ccc(Oc3ccc(F)cc3)cc2)CC1. The first-order valence-corrected chi connectivity index (χ1v) is 11.0. The number of amides is 1. The van der Waals surface area contributed by atoms with E-state index in [1.165, 1.54) is 54.0 Å². The molecule has 4 rings (SSSR count). The fraction of sp³-hybridized carbons (Fsp3) is 0.300. The van der Waals surface area contributed by atoms with Gasteiger partial charge in [-0.15, -0.1) is 0 Å². The van der Waals surface area contributed by atoms with Crippen LogP contribution in [0.15, 0.2) is 53.4 Å². The lowest BCUT2D eigenvalue weighted by Crippen LogP contribution is -2.48. The summed E-state index contributed by atoms with van der Waals surface area (Å²) in [5.74, 6) is -1.26. The maximum absolute atomic E-state index is 12.9. The molecule has 2 fully saturated rings. The van der Waals surface area contributed by atoms with E-state index < -0.39 is 33.0 Å². The lowest BCUT2D eigenvalue weighted by atomic mass is 10.3. The summed E-state index contributed by atoms with van der Waals surface area (Å²) in [7, 11) is -3.93. The summed E-state index contributed by atoms with van der Waals surface area (Å²) in [5.41, 5.74) is 4.53. The number of nitrogens with two attached hydrogens (primary N) is 1. The van der Waals surface area contributed by atoms with E-state index in [1.54, 1.807) is 0 Å². The molecule has 1 amide bonds. The van der Waals surface area contributed by atoms with Gasteiger partial charge in [-0.05, 0) is 74.2 Å². The Bertz CT molecular complexity index is 1100. The molecule has 32 heavy (non-hydrogen) atoms. The summed E-state index contributed by atoms with van der Waals surface area (Å²) in [6, 6.07) is 11.0. The van der Waals surface area contributed by atoms with Crippen molar-refractivity contribution in [1.82, 2.24) is 10.2 Å². The van der Waals surface area contributed by atoms with E-state index in [0.29, 0.717) is 37.2 Å². The summed E-state index contributed by atoms with van der Waals surface area (Å²) in [4.78, 5) is 21.5. The Hall–Kier alpha value is -3.06. The van der Waals surface area contributed by atoms with Crippen molar-refractivity contribution in [1.29, 1.82) is 0 Å². The molecule has 0 unspecified atom stereocenters. The van der Waals surface area contributed by atoms with Crippen LogP contribution in [-0.4, -0.2) is 41.7 Å². The van der Waals surface area contributed by atoms with Crippen LogP contribution >= 0.6 is 0 Å². The molecule has 10 nitrogen and oxygen atoms in total. The molecule has 0 aromatic heterocycles. The number of halogens is 1. The molecule has 12 heteroatoms. The van der Waals surface area contributed by atoms with Gasteiger partial charge in [-0.2, -0.15) is 4.72 Å². The molecular weight excluding hydrogens is 445 g/mol. The predicted octanol–water partition coefficient (Wildman–Crippen LogP) is 1.50. The smallest absolute Gasteiger partial charge is 0.323 e. The summed E-state index contributed by atoms with van der Waals surface area (Å²) >= 11 is 0. The van der Waals surface area contributed by atoms with Gasteiger partial charge in [0.15, 0.2) is 0 Å². The highest BCUT2D eigenvalue weighted by Gasteiger charge is 2.53. The predicted molar refractivity (Wildman–Crippen MR) is 109 cm³/mol. The third-order valence-electron chi connectivity index (χ3n) is 5.01. The molecule has 0 spiro atoms. The van der Waals surface area contributed by atoms with Crippen LogP contribution in [0.3, 0.4) is 0 Å². The monoisotopic (exact) mass is 467 g/mol. The summed E-state index contributed by atoms with van der Waals surface area (Å²) in [6.45, 7) is 0. The number of sulfonamides is 1. The third kappa shape index (κ3) is 5.59. The fourth-order valence-electron chi connectivity index (χ4n) is 2.60. The van der Waals surface area contributed by atoms with Gasteiger partial charge >= 0.3 is 5.97 Å². The van der Waals surface area contributed by atoms with Crippen LogP contribution in [0.4, 0.5) is 4.39 Å². The number of carbonyl (C=O) groups is 2. The standard InChI is InChI=1S/C16H15FN2O5S.C4H7NO2/c17-11-1-3-12(4-2-11)24-13-5-7-14(8-6-13)25(22,23)19-16(9-10-16)15(20)18-21;5-4(1-2-4)3(6)7/h1-8,19,21H,9-10H2,(H,18,20);1-2,5H2,(H,6,7). The molecule has 0 bridgehead atoms. The topological polar surface area (TPSA) is 168 Å².